The lowest BCUT2D eigenvalue weighted by atomic mass is 9.79. The molecule has 1 aromatic rings. The van der Waals surface area contributed by atoms with Crippen molar-refractivity contribution in [1.82, 2.24) is 4.90 Å². The van der Waals surface area contributed by atoms with Gasteiger partial charge in [0.15, 0.2) is 0 Å². The Morgan fingerprint density at radius 2 is 1.89 bits per heavy atom. The fourth-order valence-corrected chi connectivity index (χ4v) is 5.41. The van der Waals surface area contributed by atoms with E-state index in [0.717, 1.165) is 64.0 Å². The maximum Gasteiger partial charge on any atom is 0.312 e. The Balaban J connectivity index is 1.27. The van der Waals surface area contributed by atoms with Gasteiger partial charge in [-0.3, -0.25) is 4.79 Å². The molecular weight excluding hydrogens is 350 g/mol. The van der Waals surface area contributed by atoms with Crippen LogP contribution in [0.4, 0.5) is 5.69 Å². The number of ether oxygens (including phenoxy) is 1. The van der Waals surface area contributed by atoms with Crippen molar-refractivity contribution in [3.63, 3.8) is 0 Å². The predicted octanol–water partition coefficient (Wildman–Crippen LogP) is 3.44. The molecule has 0 saturated carbocycles. The van der Waals surface area contributed by atoms with Gasteiger partial charge in [0.1, 0.15) is 6.10 Å². The molecule has 5 nitrogen and oxygen atoms in total. The maximum absolute atomic E-state index is 12.3. The predicted molar refractivity (Wildman–Crippen MR) is 109 cm³/mol. The quantitative estimate of drug-likeness (QED) is 0.707. The summed E-state index contributed by atoms with van der Waals surface area (Å²) in [6.45, 7) is 9.64. The maximum atomic E-state index is 12.3. The molecule has 0 aromatic heterocycles. The van der Waals surface area contributed by atoms with Gasteiger partial charge >= 0.3 is 5.97 Å². The van der Waals surface area contributed by atoms with Crippen molar-refractivity contribution < 1.29 is 9.53 Å². The lowest BCUT2D eigenvalue weighted by Gasteiger charge is -2.24. The van der Waals surface area contributed by atoms with Crippen LogP contribution >= 0.6 is 0 Å². The van der Waals surface area contributed by atoms with Crippen molar-refractivity contribution in [2.75, 3.05) is 37.6 Å². The number of carbonyl (C=O) groups excluding carboxylic acids is 1. The molecule has 0 amide bonds. The van der Waals surface area contributed by atoms with E-state index in [1.807, 2.05) is 18.2 Å². The average molecular weight is 382 g/mol. The van der Waals surface area contributed by atoms with E-state index in [0.29, 0.717) is 11.8 Å². The minimum Gasteiger partial charge on any atom is -0.462 e. The Hall–Kier alpha value is -2.06. The Labute approximate surface area is 168 Å². The molecule has 0 N–H and O–H groups in total. The zero-order valence-corrected chi connectivity index (χ0v) is 17.1. The smallest absolute Gasteiger partial charge is 0.312 e. The highest BCUT2D eigenvalue weighted by Crippen LogP contribution is 2.41. The lowest BCUT2D eigenvalue weighted by Crippen LogP contribution is -2.31. The minimum atomic E-state index is -0.231. The molecule has 3 fully saturated rings. The lowest BCUT2D eigenvalue weighted by molar-refractivity contribution is -0.149. The van der Waals surface area contributed by atoms with Crippen LogP contribution in [0.25, 0.3) is 0 Å². The molecular formula is C23H31N3O2. The molecule has 0 aliphatic carbocycles. The van der Waals surface area contributed by atoms with Crippen LogP contribution in [-0.4, -0.2) is 49.7 Å². The van der Waals surface area contributed by atoms with Gasteiger partial charge in [0.25, 0.3) is 0 Å². The zero-order valence-electron chi connectivity index (χ0n) is 17.1. The molecule has 3 atom stereocenters. The summed E-state index contributed by atoms with van der Waals surface area (Å²) in [6.07, 6.45) is 3.71. The van der Waals surface area contributed by atoms with Gasteiger partial charge in [-0.25, -0.2) is 0 Å². The second-order valence-electron chi connectivity index (χ2n) is 8.85. The second-order valence-corrected chi connectivity index (χ2v) is 8.85. The topological polar surface area (TPSA) is 56.6 Å². The SMILES string of the molecule is CCC1(CC)CC(CCN2CC3CN(c4cccc(C#N)c4)CC3C2)OC1=O. The van der Waals surface area contributed by atoms with Crippen molar-refractivity contribution in [3.8, 4) is 6.07 Å². The van der Waals surface area contributed by atoms with Crippen LogP contribution in [0.15, 0.2) is 24.3 Å². The van der Waals surface area contributed by atoms with Crippen molar-refractivity contribution in [2.24, 2.45) is 17.3 Å². The zero-order chi connectivity index (χ0) is 19.7. The second kappa shape index (κ2) is 7.75. The number of cyclic esters (lactones) is 1. The van der Waals surface area contributed by atoms with Crippen LogP contribution in [0.3, 0.4) is 0 Å². The standard InChI is InChI=1S/C23H31N3O2/c1-3-23(4-2)11-21(28-22(23)27)8-9-25-13-18-15-26(16-19(18)14-25)20-7-5-6-17(10-20)12-24/h5-7,10,18-19,21H,3-4,8-9,11,13-16H2,1-2H3. The molecule has 3 unspecified atom stereocenters. The first-order valence-electron chi connectivity index (χ1n) is 10.8. The van der Waals surface area contributed by atoms with Crippen molar-refractivity contribution in [1.29, 1.82) is 5.26 Å². The molecule has 4 rings (SSSR count). The summed E-state index contributed by atoms with van der Waals surface area (Å²) >= 11 is 0. The van der Waals surface area contributed by atoms with E-state index in [1.165, 1.54) is 5.69 Å². The number of benzene rings is 1. The third-order valence-electron chi connectivity index (χ3n) is 7.35. The number of rotatable bonds is 6. The Morgan fingerprint density at radius 3 is 2.50 bits per heavy atom. The van der Waals surface area contributed by atoms with Crippen molar-refractivity contribution in [3.05, 3.63) is 29.8 Å². The van der Waals surface area contributed by atoms with Crippen LogP contribution in [0.5, 0.6) is 0 Å². The monoisotopic (exact) mass is 381 g/mol. The van der Waals surface area contributed by atoms with Gasteiger partial charge in [0.05, 0.1) is 17.0 Å². The van der Waals surface area contributed by atoms with Crippen LogP contribution in [0, 0.1) is 28.6 Å². The highest BCUT2D eigenvalue weighted by Gasteiger charge is 2.46. The molecule has 3 saturated heterocycles. The molecule has 150 valence electrons. The highest BCUT2D eigenvalue weighted by molar-refractivity contribution is 5.78. The molecule has 0 spiro atoms. The summed E-state index contributed by atoms with van der Waals surface area (Å²) in [7, 11) is 0. The van der Waals surface area contributed by atoms with E-state index in [2.05, 4.69) is 35.8 Å². The van der Waals surface area contributed by atoms with Crippen LogP contribution in [0.2, 0.25) is 0 Å². The van der Waals surface area contributed by atoms with Gasteiger partial charge in [-0.2, -0.15) is 5.26 Å². The molecule has 3 aliphatic rings. The molecule has 3 heterocycles. The van der Waals surface area contributed by atoms with Gasteiger partial charge in [-0.1, -0.05) is 19.9 Å². The Bertz CT molecular complexity index is 753. The van der Waals surface area contributed by atoms with Gasteiger partial charge in [0.2, 0.25) is 0 Å². The van der Waals surface area contributed by atoms with Gasteiger partial charge < -0.3 is 14.5 Å². The van der Waals surface area contributed by atoms with E-state index in [4.69, 9.17) is 10.00 Å². The highest BCUT2D eigenvalue weighted by atomic mass is 16.6. The Morgan fingerprint density at radius 1 is 1.18 bits per heavy atom. The summed E-state index contributed by atoms with van der Waals surface area (Å²) in [6, 6.07) is 10.2. The summed E-state index contributed by atoms with van der Waals surface area (Å²) < 4.78 is 5.71. The minimum absolute atomic E-state index is 0.0241. The number of anilines is 1. The summed E-state index contributed by atoms with van der Waals surface area (Å²) in [5.74, 6) is 1.42. The van der Waals surface area contributed by atoms with Crippen LogP contribution in [-0.2, 0) is 9.53 Å². The number of esters is 1. The summed E-state index contributed by atoms with van der Waals surface area (Å²) in [4.78, 5) is 17.3. The summed E-state index contributed by atoms with van der Waals surface area (Å²) in [5.41, 5.74) is 1.68. The Kier molecular flexibility index (Phi) is 5.33. The largest absolute Gasteiger partial charge is 0.462 e. The number of carbonyl (C=O) groups is 1. The third kappa shape index (κ3) is 3.51. The van der Waals surface area contributed by atoms with E-state index >= 15 is 0 Å². The number of nitriles is 1. The van der Waals surface area contributed by atoms with E-state index < -0.39 is 0 Å². The van der Waals surface area contributed by atoms with Crippen molar-refractivity contribution >= 4 is 11.7 Å². The number of nitrogens with zero attached hydrogens (tertiary/aromatic N) is 3. The average Bonchev–Trinajstić information content (AvgIpc) is 3.37. The number of hydrogen-bond donors (Lipinski definition) is 0. The molecule has 3 aliphatic heterocycles. The van der Waals surface area contributed by atoms with Gasteiger partial charge in [0, 0.05) is 44.8 Å². The third-order valence-corrected chi connectivity index (χ3v) is 7.35. The summed E-state index contributed by atoms with van der Waals surface area (Å²) in [5, 5.41) is 9.12. The van der Waals surface area contributed by atoms with Crippen LogP contribution < -0.4 is 4.90 Å². The number of fused-ring (bicyclic) bond motifs is 1. The molecule has 1 aromatic carbocycles. The molecule has 28 heavy (non-hydrogen) atoms. The first-order chi connectivity index (χ1) is 13.6. The fraction of sp³-hybridized carbons (Fsp3) is 0.652. The molecule has 0 bridgehead atoms. The van der Waals surface area contributed by atoms with Gasteiger partial charge in [-0.05, 0) is 49.3 Å². The molecule has 5 heteroatoms. The first kappa shape index (κ1) is 19.3. The van der Waals surface area contributed by atoms with E-state index in [-0.39, 0.29) is 17.5 Å². The number of hydrogen-bond acceptors (Lipinski definition) is 5. The van der Waals surface area contributed by atoms with Crippen LogP contribution in [0.1, 0.15) is 45.1 Å². The first-order valence-corrected chi connectivity index (χ1v) is 10.8. The van der Waals surface area contributed by atoms with Gasteiger partial charge in [-0.15, -0.1) is 0 Å². The normalized spacial score (nSPS) is 29.0. The fourth-order valence-electron chi connectivity index (χ4n) is 5.41. The van der Waals surface area contributed by atoms with E-state index in [9.17, 15) is 4.79 Å². The van der Waals surface area contributed by atoms with Crippen molar-refractivity contribution in [2.45, 2.75) is 45.6 Å². The van der Waals surface area contributed by atoms with E-state index in [1.54, 1.807) is 0 Å². The molecule has 0 radical (unpaired) electrons. The number of likely N-dealkylation sites (tertiary alicyclic amines) is 1.